The Hall–Kier alpha value is -3.40. The van der Waals surface area contributed by atoms with E-state index in [0.717, 1.165) is 61.6 Å². The van der Waals surface area contributed by atoms with Crippen molar-refractivity contribution < 1.29 is 27.2 Å². The first-order valence-corrected chi connectivity index (χ1v) is 16.8. The van der Waals surface area contributed by atoms with Crippen LogP contribution in [0.3, 0.4) is 0 Å². The molecule has 2 aliphatic carbocycles. The van der Waals surface area contributed by atoms with Crippen LogP contribution in [0.4, 0.5) is 5.82 Å². The van der Waals surface area contributed by atoms with Crippen LogP contribution < -0.4 is 9.62 Å². The van der Waals surface area contributed by atoms with E-state index in [2.05, 4.69) is 5.32 Å². The minimum atomic E-state index is -3.72. The van der Waals surface area contributed by atoms with Gasteiger partial charge in [-0.25, -0.2) is 8.42 Å². The molecule has 1 amide bonds. The number of pyridine rings is 1. The molecule has 42 heavy (non-hydrogen) atoms. The molecule has 0 saturated heterocycles. The van der Waals surface area contributed by atoms with E-state index in [4.69, 9.17) is 14.1 Å². The maximum absolute atomic E-state index is 13.2. The van der Waals surface area contributed by atoms with Gasteiger partial charge in [0.25, 0.3) is 5.91 Å². The number of aryl methyl sites for hydroxylation is 1. The number of nitrogens with one attached hydrogen (secondary N) is 1. The topological polar surface area (TPSA) is 119 Å². The zero-order valence-electron chi connectivity index (χ0n) is 25.0. The van der Waals surface area contributed by atoms with Crippen molar-refractivity contribution in [1.29, 1.82) is 0 Å². The molecule has 3 aromatic rings. The van der Waals surface area contributed by atoms with E-state index < -0.39 is 15.4 Å². The Labute approximate surface area is 248 Å². The molecule has 0 aliphatic heterocycles. The summed E-state index contributed by atoms with van der Waals surface area (Å²) >= 11 is 0. The van der Waals surface area contributed by atoms with E-state index in [0.29, 0.717) is 42.0 Å². The normalized spacial score (nSPS) is 16.8. The van der Waals surface area contributed by atoms with E-state index in [1.54, 1.807) is 7.05 Å². The van der Waals surface area contributed by atoms with Crippen LogP contribution in [0.2, 0.25) is 0 Å². The Bertz CT molecular complexity index is 1570. The lowest BCUT2D eigenvalue weighted by atomic mass is 9.71. The molecule has 0 spiro atoms. The summed E-state index contributed by atoms with van der Waals surface area (Å²) in [5.74, 6) is 0.428. The number of sulfonamides is 1. The number of carbonyl (C=O) groups excluding carboxylic acids is 2. The fourth-order valence-corrected chi connectivity index (χ4v) is 7.16. The third-order valence-corrected chi connectivity index (χ3v) is 9.80. The smallest absolute Gasteiger partial charge is 0.312 e. The van der Waals surface area contributed by atoms with Crippen molar-refractivity contribution in [2.24, 2.45) is 5.41 Å². The lowest BCUT2D eigenvalue weighted by Crippen LogP contribution is -2.37. The van der Waals surface area contributed by atoms with Gasteiger partial charge in [-0.1, -0.05) is 49.1 Å². The minimum Gasteiger partial charge on any atom is -0.466 e. The van der Waals surface area contributed by atoms with Crippen molar-refractivity contribution in [3.63, 3.8) is 0 Å². The molecule has 0 unspecified atom stereocenters. The lowest BCUT2D eigenvalue weighted by Gasteiger charge is -2.35. The molecule has 0 radical (unpaired) electrons. The highest BCUT2D eigenvalue weighted by Gasteiger charge is 2.41. The molecule has 2 saturated carbocycles. The largest absolute Gasteiger partial charge is 0.466 e. The van der Waals surface area contributed by atoms with Gasteiger partial charge in [-0.15, -0.1) is 0 Å². The third-order valence-electron chi connectivity index (χ3n) is 8.65. The van der Waals surface area contributed by atoms with Gasteiger partial charge in [0.15, 0.2) is 0 Å². The number of ether oxygens (including phenoxy) is 1. The minimum absolute atomic E-state index is 0.153. The summed E-state index contributed by atoms with van der Waals surface area (Å²) in [5.41, 5.74) is 2.65. The van der Waals surface area contributed by atoms with Crippen LogP contribution in [-0.4, -0.2) is 51.7 Å². The molecular weight excluding hydrogens is 554 g/mol. The van der Waals surface area contributed by atoms with Gasteiger partial charge in [0.05, 0.1) is 29.2 Å². The summed E-state index contributed by atoms with van der Waals surface area (Å²) in [5, 5.41) is 3.28. The molecule has 5 rings (SSSR count). The molecule has 226 valence electrons. The highest BCUT2D eigenvalue weighted by atomic mass is 32.2. The predicted molar refractivity (Wildman–Crippen MR) is 163 cm³/mol. The molecule has 1 aromatic carbocycles. The number of furan rings is 1. The zero-order chi connectivity index (χ0) is 30.1. The van der Waals surface area contributed by atoms with Gasteiger partial charge in [-0.2, -0.15) is 4.98 Å². The molecule has 2 aliphatic rings. The van der Waals surface area contributed by atoms with Crippen molar-refractivity contribution in [3.05, 3.63) is 47.0 Å². The number of rotatable bonds is 11. The van der Waals surface area contributed by atoms with Crippen LogP contribution in [-0.2, 0) is 19.6 Å². The number of amides is 1. The second-order valence-electron chi connectivity index (χ2n) is 11.8. The summed E-state index contributed by atoms with van der Waals surface area (Å²) < 4.78 is 39.5. The number of hydrogen-bond donors (Lipinski definition) is 1. The maximum Gasteiger partial charge on any atom is 0.312 e. The summed E-state index contributed by atoms with van der Waals surface area (Å²) in [4.78, 5) is 30.9. The summed E-state index contributed by atoms with van der Waals surface area (Å²) in [6, 6.07) is 9.59. The van der Waals surface area contributed by atoms with Crippen LogP contribution in [0, 0.1) is 12.3 Å². The summed E-state index contributed by atoms with van der Waals surface area (Å²) in [7, 11) is -2.14. The molecule has 9 nitrogen and oxygen atoms in total. The lowest BCUT2D eigenvalue weighted by molar-refractivity contribution is -0.158. The Morgan fingerprint density at radius 1 is 1.14 bits per heavy atom. The van der Waals surface area contributed by atoms with Crippen molar-refractivity contribution >= 4 is 38.8 Å². The standard InChI is InChI=1S/C32H41N3O6S/c1-5-40-31(37)32(16-7-6-8-17-32)18-9-19-35(42(4,38)39)28-24(22-14-15-22)20-25-26(29(36)33-3)27(41-30(25)34-28)23-12-10-21(2)11-13-23/h10-13,20,22H,5-9,14-19H2,1-4H3,(H,33,36). The SMILES string of the molecule is CCOC(=O)C1(CCCN(c2nc3oc(-c4ccc(C)cc4)c(C(=O)NC)c3cc2C2CC2)S(C)(=O)=O)CCCCC1. The molecule has 2 fully saturated rings. The van der Waals surface area contributed by atoms with Gasteiger partial charge in [-0.3, -0.25) is 13.9 Å². The molecule has 10 heteroatoms. The third kappa shape index (κ3) is 6.04. The van der Waals surface area contributed by atoms with Crippen molar-refractivity contribution in [2.75, 3.05) is 30.8 Å². The van der Waals surface area contributed by atoms with Crippen molar-refractivity contribution in [2.45, 2.75) is 77.6 Å². The number of aromatic nitrogens is 1. The van der Waals surface area contributed by atoms with E-state index >= 15 is 0 Å². The first-order chi connectivity index (χ1) is 20.1. The Kier molecular flexibility index (Phi) is 8.64. The molecule has 1 N–H and O–H groups in total. The Balaban J connectivity index is 1.54. The molecular formula is C32H41N3O6S. The predicted octanol–water partition coefficient (Wildman–Crippen LogP) is 6.10. The van der Waals surface area contributed by atoms with Crippen LogP contribution in [0.15, 0.2) is 34.7 Å². The Morgan fingerprint density at radius 2 is 1.83 bits per heavy atom. The van der Waals surface area contributed by atoms with Gasteiger partial charge in [0.1, 0.15) is 11.6 Å². The average Bonchev–Trinajstić information content (AvgIpc) is 3.75. The highest BCUT2D eigenvalue weighted by Crippen LogP contribution is 2.47. The van der Waals surface area contributed by atoms with Gasteiger partial charge in [-0.05, 0) is 69.9 Å². The Morgan fingerprint density at radius 3 is 2.43 bits per heavy atom. The summed E-state index contributed by atoms with van der Waals surface area (Å²) in [6.07, 6.45) is 8.62. The number of fused-ring (bicyclic) bond motifs is 1. The van der Waals surface area contributed by atoms with Crippen LogP contribution in [0.25, 0.3) is 22.4 Å². The summed E-state index contributed by atoms with van der Waals surface area (Å²) in [6.45, 7) is 4.32. The number of benzene rings is 1. The van der Waals surface area contributed by atoms with Crippen LogP contribution in [0.5, 0.6) is 0 Å². The maximum atomic E-state index is 13.2. The van der Waals surface area contributed by atoms with Gasteiger partial charge in [0.2, 0.25) is 15.7 Å². The molecule has 0 bridgehead atoms. The van der Waals surface area contributed by atoms with E-state index in [1.165, 1.54) is 10.6 Å². The van der Waals surface area contributed by atoms with Gasteiger partial charge in [0, 0.05) is 19.2 Å². The number of hydrogen-bond acceptors (Lipinski definition) is 7. The average molecular weight is 596 g/mol. The highest BCUT2D eigenvalue weighted by molar-refractivity contribution is 7.92. The van der Waals surface area contributed by atoms with Crippen molar-refractivity contribution in [1.82, 2.24) is 10.3 Å². The van der Waals surface area contributed by atoms with E-state index in [-0.39, 0.29) is 30.1 Å². The fourth-order valence-electron chi connectivity index (χ4n) is 6.24. The van der Waals surface area contributed by atoms with Crippen LogP contribution in [0.1, 0.15) is 92.1 Å². The van der Waals surface area contributed by atoms with Crippen LogP contribution >= 0.6 is 0 Å². The zero-order valence-corrected chi connectivity index (χ0v) is 25.8. The number of esters is 1. The number of carbonyl (C=O) groups is 2. The molecule has 2 heterocycles. The number of anilines is 1. The second-order valence-corrected chi connectivity index (χ2v) is 13.7. The van der Waals surface area contributed by atoms with Gasteiger partial charge < -0.3 is 14.5 Å². The molecule has 2 aromatic heterocycles. The van der Waals surface area contributed by atoms with Crippen molar-refractivity contribution in [3.8, 4) is 11.3 Å². The number of nitrogens with zero attached hydrogens (tertiary/aromatic N) is 2. The first kappa shape index (κ1) is 30.1. The van der Waals surface area contributed by atoms with Gasteiger partial charge >= 0.3 is 5.97 Å². The monoisotopic (exact) mass is 595 g/mol. The second kappa shape index (κ2) is 12.1. The first-order valence-electron chi connectivity index (χ1n) is 15.0. The quantitative estimate of drug-likeness (QED) is 0.266. The van der Waals surface area contributed by atoms with E-state index in [9.17, 15) is 18.0 Å². The van der Waals surface area contributed by atoms with E-state index in [1.807, 2.05) is 44.2 Å². The fraction of sp³-hybridized carbons (Fsp3) is 0.531. The molecule has 0 atom stereocenters.